The van der Waals surface area contributed by atoms with Gasteiger partial charge in [-0.05, 0) is 60.2 Å². The van der Waals surface area contributed by atoms with Gasteiger partial charge >= 0.3 is 0 Å². The Labute approximate surface area is 135 Å². The van der Waals surface area contributed by atoms with E-state index in [-0.39, 0.29) is 17.6 Å². The maximum absolute atomic E-state index is 12.9. The van der Waals surface area contributed by atoms with Crippen LogP contribution in [-0.4, -0.2) is 8.42 Å². The van der Waals surface area contributed by atoms with Gasteiger partial charge in [-0.2, -0.15) is 0 Å². The molecule has 4 nitrogen and oxygen atoms in total. The Bertz CT molecular complexity index is 804. The van der Waals surface area contributed by atoms with E-state index in [4.69, 9.17) is 5.73 Å². The normalized spacial score (nSPS) is 17.7. The summed E-state index contributed by atoms with van der Waals surface area (Å²) in [6.45, 7) is 0. The van der Waals surface area contributed by atoms with Gasteiger partial charge in [-0.3, -0.25) is 0 Å². The maximum atomic E-state index is 12.9. The van der Waals surface area contributed by atoms with E-state index in [2.05, 4.69) is 4.72 Å². The minimum Gasteiger partial charge on any atom is -0.399 e. The number of nitrogen functional groups attached to an aromatic ring is 1. The predicted octanol–water partition coefficient (Wildman–Crippen LogP) is 2.90. The van der Waals surface area contributed by atoms with Crippen molar-refractivity contribution in [2.45, 2.75) is 31.1 Å². The number of aryl methyl sites for hydroxylation is 1. The van der Waals surface area contributed by atoms with Crippen LogP contribution in [0.2, 0.25) is 0 Å². The van der Waals surface area contributed by atoms with Crippen LogP contribution < -0.4 is 10.5 Å². The van der Waals surface area contributed by atoms with Crippen molar-refractivity contribution in [3.05, 3.63) is 65.0 Å². The Morgan fingerprint density at radius 2 is 1.91 bits per heavy atom. The number of fused-ring (bicyclic) bond motifs is 1. The first-order valence-electron chi connectivity index (χ1n) is 7.56. The molecule has 0 fully saturated rings. The van der Waals surface area contributed by atoms with Crippen LogP contribution in [0.3, 0.4) is 0 Å². The second kappa shape index (κ2) is 6.29. The summed E-state index contributed by atoms with van der Waals surface area (Å²) in [5.41, 5.74) is 9.15. The van der Waals surface area contributed by atoms with Crippen molar-refractivity contribution >= 4 is 15.7 Å². The van der Waals surface area contributed by atoms with Crippen LogP contribution in [0.1, 0.15) is 35.6 Å². The highest BCUT2D eigenvalue weighted by Gasteiger charge is 2.25. The highest BCUT2D eigenvalue weighted by molar-refractivity contribution is 7.88. The molecule has 2 aromatic rings. The lowest BCUT2D eigenvalue weighted by Crippen LogP contribution is -2.32. The predicted molar refractivity (Wildman–Crippen MR) is 88.7 cm³/mol. The van der Waals surface area contributed by atoms with Gasteiger partial charge in [-0.1, -0.05) is 18.2 Å². The van der Waals surface area contributed by atoms with Crippen molar-refractivity contribution in [3.63, 3.8) is 0 Å². The van der Waals surface area contributed by atoms with Crippen LogP contribution in [-0.2, 0) is 22.2 Å². The summed E-state index contributed by atoms with van der Waals surface area (Å²) < 4.78 is 40.5. The van der Waals surface area contributed by atoms with Gasteiger partial charge in [0.05, 0.1) is 5.75 Å². The lowest BCUT2D eigenvalue weighted by molar-refractivity contribution is 0.507. The van der Waals surface area contributed by atoms with Crippen LogP contribution in [0.4, 0.5) is 10.1 Å². The molecule has 0 aliphatic heterocycles. The quantitative estimate of drug-likeness (QED) is 0.845. The fourth-order valence-corrected chi connectivity index (χ4v) is 4.41. The van der Waals surface area contributed by atoms with E-state index in [1.165, 1.54) is 24.3 Å². The number of sulfonamides is 1. The van der Waals surface area contributed by atoms with E-state index in [1.54, 1.807) is 6.07 Å². The van der Waals surface area contributed by atoms with E-state index < -0.39 is 10.0 Å². The zero-order valence-corrected chi connectivity index (χ0v) is 13.4. The smallest absolute Gasteiger partial charge is 0.216 e. The molecule has 6 heteroatoms. The first kappa shape index (κ1) is 16.0. The van der Waals surface area contributed by atoms with E-state index in [0.717, 1.165) is 30.4 Å². The first-order chi connectivity index (χ1) is 10.9. The minimum atomic E-state index is -3.50. The number of nitrogens with one attached hydrogen (secondary N) is 1. The topological polar surface area (TPSA) is 72.2 Å². The summed E-state index contributed by atoms with van der Waals surface area (Å²) in [5.74, 6) is -0.536. The van der Waals surface area contributed by atoms with Gasteiger partial charge in [0.1, 0.15) is 5.82 Å². The Morgan fingerprint density at radius 1 is 1.17 bits per heavy atom. The molecule has 0 aromatic heterocycles. The molecule has 0 bridgehead atoms. The molecule has 1 unspecified atom stereocenters. The number of hydrogen-bond donors (Lipinski definition) is 2. The third-order valence-electron chi connectivity index (χ3n) is 4.07. The molecule has 2 aromatic carbocycles. The Hall–Kier alpha value is -1.92. The van der Waals surface area contributed by atoms with Crippen LogP contribution in [0.15, 0.2) is 42.5 Å². The minimum absolute atomic E-state index is 0.159. The molecular formula is C17H19FN2O2S. The van der Waals surface area contributed by atoms with E-state index in [1.807, 2.05) is 12.1 Å². The van der Waals surface area contributed by atoms with Crippen LogP contribution in [0, 0.1) is 5.82 Å². The summed E-state index contributed by atoms with van der Waals surface area (Å²) in [7, 11) is -3.50. The fraction of sp³-hybridized carbons (Fsp3) is 0.294. The largest absolute Gasteiger partial charge is 0.399 e. The number of benzene rings is 2. The van der Waals surface area contributed by atoms with Gasteiger partial charge in [0.2, 0.25) is 10.0 Å². The van der Waals surface area contributed by atoms with Crippen molar-refractivity contribution in [1.82, 2.24) is 4.72 Å². The first-order valence-corrected chi connectivity index (χ1v) is 9.21. The zero-order chi connectivity index (χ0) is 16.4. The SMILES string of the molecule is Nc1ccc2c(c1)CCCC2NS(=O)(=O)Cc1ccc(F)cc1. The molecule has 0 heterocycles. The van der Waals surface area contributed by atoms with Crippen molar-refractivity contribution < 1.29 is 12.8 Å². The summed E-state index contributed by atoms with van der Waals surface area (Å²) in [5, 5.41) is 0. The van der Waals surface area contributed by atoms with E-state index in [0.29, 0.717) is 11.3 Å². The Kier molecular flexibility index (Phi) is 4.37. The third kappa shape index (κ3) is 3.89. The summed E-state index contributed by atoms with van der Waals surface area (Å²) in [6, 6.07) is 10.9. The molecule has 1 aliphatic rings. The summed E-state index contributed by atoms with van der Waals surface area (Å²) in [6.07, 6.45) is 2.59. The molecule has 122 valence electrons. The maximum Gasteiger partial charge on any atom is 0.216 e. The molecule has 3 rings (SSSR count). The average Bonchev–Trinajstić information content (AvgIpc) is 2.49. The number of rotatable bonds is 4. The molecule has 0 spiro atoms. The third-order valence-corrected chi connectivity index (χ3v) is 5.43. The lowest BCUT2D eigenvalue weighted by atomic mass is 9.88. The van der Waals surface area contributed by atoms with E-state index >= 15 is 0 Å². The van der Waals surface area contributed by atoms with Crippen molar-refractivity contribution in [2.75, 3.05) is 5.73 Å². The highest BCUT2D eigenvalue weighted by atomic mass is 32.2. The number of nitrogens with two attached hydrogens (primary N) is 1. The second-order valence-corrected chi connectivity index (χ2v) is 7.66. The molecule has 0 saturated carbocycles. The lowest BCUT2D eigenvalue weighted by Gasteiger charge is -2.26. The van der Waals surface area contributed by atoms with Crippen molar-refractivity contribution in [1.29, 1.82) is 0 Å². The number of halogens is 1. The molecule has 0 radical (unpaired) electrons. The van der Waals surface area contributed by atoms with Gasteiger partial charge in [0.25, 0.3) is 0 Å². The summed E-state index contributed by atoms with van der Waals surface area (Å²) in [4.78, 5) is 0. The van der Waals surface area contributed by atoms with E-state index in [9.17, 15) is 12.8 Å². The van der Waals surface area contributed by atoms with Gasteiger partial charge in [0.15, 0.2) is 0 Å². The van der Waals surface area contributed by atoms with Crippen LogP contribution in [0.25, 0.3) is 0 Å². The van der Waals surface area contributed by atoms with Crippen LogP contribution in [0.5, 0.6) is 0 Å². The zero-order valence-electron chi connectivity index (χ0n) is 12.6. The van der Waals surface area contributed by atoms with Crippen molar-refractivity contribution in [2.24, 2.45) is 0 Å². The Morgan fingerprint density at radius 3 is 2.65 bits per heavy atom. The average molecular weight is 334 g/mol. The fourth-order valence-electron chi connectivity index (χ4n) is 3.02. The monoisotopic (exact) mass is 334 g/mol. The Balaban J connectivity index is 1.78. The number of hydrogen-bond acceptors (Lipinski definition) is 3. The van der Waals surface area contributed by atoms with Crippen molar-refractivity contribution in [3.8, 4) is 0 Å². The summed E-state index contributed by atoms with van der Waals surface area (Å²) >= 11 is 0. The van der Waals surface area contributed by atoms with Gasteiger partial charge in [0, 0.05) is 11.7 Å². The molecule has 1 atom stereocenters. The molecule has 3 N–H and O–H groups in total. The molecule has 1 aliphatic carbocycles. The molecular weight excluding hydrogens is 315 g/mol. The van der Waals surface area contributed by atoms with Gasteiger partial charge < -0.3 is 5.73 Å². The highest BCUT2D eigenvalue weighted by Crippen LogP contribution is 2.31. The second-order valence-electron chi connectivity index (χ2n) is 5.91. The molecule has 0 amide bonds. The standard InChI is InChI=1S/C17H19FN2O2S/c18-14-6-4-12(5-7-14)11-23(21,22)20-17-3-1-2-13-10-15(19)8-9-16(13)17/h4-10,17,20H,1-3,11,19H2. The molecule has 0 saturated heterocycles. The number of anilines is 1. The molecule has 23 heavy (non-hydrogen) atoms. The van der Waals surface area contributed by atoms with Gasteiger partial charge in [-0.25, -0.2) is 17.5 Å². The van der Waals surface area contributed by atoms with Crippen LogP contribution >= 0.6 is 0 Å². The van der Waals surface area contributed by atoms with Gasteiger partial charge in [-0.15, -0.1) is 0 Å².